The lowest BCUT2D eigenvalue weighted by Gasteiger charge is -2.32. The quantitative estimate of drug-likeness (QED) is 0.618. The molecule has 0 aliphatic heterocycles. The van der Waals surface area contributed by atoms with Gasteiger partial charge in [-0.05, 0) is 27.2 Å². The molecule has 5 nitrogen and oxygen atoms in total. The van der Waals surface area contributed by atoms with Crippen LogP contribution in [0.1, 0.15) is 34.1 Å². The van der Waals surface area contributed by atoms with Crippen molar-refractivity contribution in [1.29, 1.82) is 0 Å². The molecule has 0 fully saturated rings. The lowest BCUT2D eigenvalue weighted by Crippen LogP contribution is -2.54. The Labute approximate surface area is 125 Å². The summed E-state index contributed by atoms with van der Waals surface area (Å²) < 4.78 is 6.72. The fraction of sp³-hybridized carbons (Fsp3) is 0.714. The number of hydrogen-bond acceptors (Lipinski definition) is 5. The number of aryl methyl sites for hydroxylation is 1. The Balaban J connectivity index is 2.71. The summed E-state index contributed by atoms with van der Waals surface area (Å²) in [6, 6.07) is 0.217. The molecule has 1 N–H and O–H groups in total. The summed E-state index contributed by atoms with van der Waals surface area (Å²) in [6.07, 6.45) is 4.51. The number of nitrogens with zero attached hydrogens (tertiary/aromatic N) is 2. The van der Waals surface area contributed by atoms with Crippen LogP contribution in [-0.4, -0.2) is 39.7 Å². The van der Waals surface area contributed by atoms with Crippen molar-refractivity contribution in [3.05, 3.63) is 12.4 Å². The largest absolute Gasteiger partial charge is 0.468 e. The van der Waals surface area contributed by atoms with Gasteiger partial charge in [0.15, 0.2) is 0 Å². The Hall–Kier alpha value is -1.01. The van der Waals surface area contributed by atoms with Gasteiger partial charge in [0.05, 0.1) is 13.3 Å². The number of carbonyl (C=O) groups is 1. The summed E-state index contributed by atoms with van der Waals surface area (Å²) in [7, 11) is 3.33. The van der Waals surface area contributed by atoms with E-state index in [9.17, 15) is 4.79 Å². The topological polar surface area (TPSA) is 56.1 Å². The molecule has 1 aromatic heterocycles. The van der Waals surface area contributed by atoms with Crippen LogP contribution in [0.2, 0.25) is 0 Å². The smallest absolute Gasteiger partial charge is 0.325 e. The van der Waals surface area contributed by atoms with Gasteiger partial charge in [-0.2, -0.15) is 5.10 Å². The minimum Gasteiger partial charge on any atom is -0.468 e. The molecule has 2 atom stereocenters. The number of ether oxygens (including phenoxy) is 1. The fourth-order valence-corrected chi connectivity index (χ4v) is 3.57. The van der Waals surface area contributed by atoms with Crippen molar-refractivity contribution in [3.8, 4) is 0 Å². The van der Waals surface area contributed by atoms with Crippen molar-refractivity contribution >= 4 is 17.7 Å². The summed E-state index contributed by atoms with van der Waals surface area (Å²) in [6.45, 7) is 8.07. The fourth-order valence-electron chi connectivity index (χ4n) is 2.37. The number of hydrogen-bond donors (Lipinski definition) is 1. The van der Waals surface area contributed by atoms with Crippen LogP contribution in [0.5, 0.6) is 0 Å². The van der Waals surface area contributed by atoms with Gasteiger partial charge < -0.3 is 4.74 Å². The lowest BCUT2D eigenvalue weighted by atomic mass is 9.95. The number of methoxy groups -OCH3 is 1. The van der Waals surface area contributed by atoms with Crippen LogP contribution < -0.4 is 5.32 Å². The molecule has 1 aromatic rings. The Morgan fingerprint density at radius 3 is 2.65 bits per heavy atom. The molecule has 1 rings (SSSR count). The predicted octanol–water partition coefficient (Wildman–Crippen LogP) is 2.22. The zero-order chi connectivity index (χ0) is 15.3. The molecule has 114 valence electrons. The third-order valence-corrected chi connectivity index (χ3v) is 4.01. The van der Waals surface area contributed by atoms with Gasteiger partial charge in [0.25, 0.3) is 0 Å². The summed E-state index contributed by atoms with van der Waals surface area (Å²) in [5.74, 6) is -0.218. The van der Waals surface area contributed by atoms with Crippen LogP contribution in [0, 0.1) is 0 Å². The third kappa shape index (κ3) is 4.83. The molecular weight excluding hydrogens is 274 g/mol. The first-order valence-corrected chi connectivity index (χ1v) is 7.66. The highest BCUT2D eigenvalue weighted by Gasteiger charge is 2.36. The molecular formula is C14H25N3O2S. The normalized spacial score (nSPS) is 15.9. The van der Waals surface area contributed by atoms with Crippen LogP contribution in [0.4, 0.5) is 0 Å². The number of nitrogens with one attached hydrogen (secondary N) is 1. The molecule has 0 aromatic carbocycles. The van der Waals surface area contributed by atoms with Gasteiger partial charge in [-0.3, -0.25) is 14.8 Å². The highest BCUT2D eigenvalue weighted by atomic mass is 32.2. The standard InChI is InChI=1S/C14H25N3O2S/c1-10(2)16-14(4,13(18)19-6)7-11(3)20-12-8-15-17(5)9-12/h8-11,16H,7H2,1-6H3. The maximum atomic E-state index is 12.1. The minimum absolute atomic E-state index is 0.217. The number of carbonyl (C=O) groups excluding carboxylic acids is 1. The van der Waals surface area contributed by atoms with Gasteiger partial charge >= 0.3 is 5.97 Å². The second kappa shape index (κ2) is 7.13. The third-order valence-electron chi connectivity index (χ3n) is 2.96. The highest BCUT2D eigenvalue weighted by Crippen LogP contribution is 2.29. The van der Waals surface area contributed by atoms with Crippen molar-refractivity contribution in [2.24, 2.45) is 7.05 Å². The number of aromatic nitrogens is 2. The zero-order valence-corrected chi connectivity index (χ0v) is 14.0. The van der Waals surface area contributed by atoms with Gasteiger partial charge in [-0.25, -0.2) is 0 Å². The Morgan fingerprint density at radius 2 is 2.20 bits per heavy atom. The van der Waals surface area contributed by atoms with E-state index < -0.39 is 5.54 Å². The van der Waals surface area contributed by atoms with Crippen LogP contribution in [0.3, 0.4) is 0 Å². The summed E-state index contributed by atoms with van der Waals surface area (Å²) in [5.41, 5.74) is -0.669. The first-order valence-electron chi connectivity index (χ1n) is 6.78. The second-order valence-corrected chi connectivity index (χ2v) is 7.12. The van der Waals surface area contributed by atoms with Crippen LogP contribution in [0.15, 0.2) is 17.3 Å². The first-order chi connectivity index (χ1) is 9.26. The van der Waals surface area contributed by atoms with E-state index in [2.05, 4.69) is 17.3 Å². The molecule has 6 heteroatoms. The van der Waals surface area contributed by atoms with Crippen molar-refractivity contribution in [1.82, 2.24) is 15.1 Å². The monoisotopic (exact) mass is 299 g/mol. The number of esters is 1. The van der Waals surface area contributed by atoms with Crippen molar-refractivity contribution in [3.63, 3.8) is 0 Å². The van der Waals surface area contributed by atoms with E-state index in [-0.39, 0.29) is 17.3 Å². The van der Waals surface area contributed by atoms with Gasteiger partial charge in [-0.1, -0.05) is 6.92 Å². The van der Waals surface area contributed by atoms with Crippen molar-refractivity contribution in [2.45, 2.75) is 55.8 Å². The van der Waals surface area contributed by atoms with E-state index in [1.54, 1.807) is 16.4 Å². The van der Waals surface area contributed by atoms with E-state index in [1.807, 2.05) is 40.2 Å². The van der Waals surface area contributed by atoms with Crippen LogP contribution in [0.25, 0.3) is 0 Å². The maximum Gasteiger partial charge on any atom is 0.325 e. The molecule has 1 heterocycles. The van der Waals surface area contributed by atoms with Gasteiger partial charge in [0.2, 0.25) is 0 Å². The van der Waals surface area contributed by atoms with E-state index in [0.29, 0.717) is 6.42 Å². The van der Waals surface area contributed by atoms with Gasteiger partial charge in [-0.15, -0.1) is 11.8 Å². The van der Waals surface area contributed by atoms with Gasteiger partial charge in [0.1, 0.15) is 5.54 Å². The molecule has 20 heavy (non-hydrogen) atoms. The van der Waals surface area contributed by atoms with Gasteiger partial charge in [0, 0.05) is 29.4 Å². The Morgan fingerprint density at radius 1 is 1.55 bits per heavy atom. The molecule has 0 radical (unpaired) electrons. The second-order valence-electron chi connectivity index (χ2n) is 5.61. The average Bonchev–Trinajstić information content (AvgIpc) is 2.71. The summed E-state index contributed by atoms with van der Waals surface area (Å²) in [5, 5.41) is 7.75. The predicted molar refractivity (Wildman–Crippen MR) is 81.8 cm³/mol. The van der Waals surface area contributed by atoms with Crippen molar-refractivity contribution in [2.75, 3.05) is 7.11 Å². The highest BCUT2D eigenvalue weighted by molar-refractivity contribution is 7.99. The number of rotatable bonds is 7. The zero-order valence-electron chi connectivity index (χ0n) is 13.1. The molecule has 0 amide bonds. The molecule has 0 spiro atoms. The van der Waals surface area contributed by atoms with Crippen LogP contribution >= 0.6 is 11.8 Å². The molecule has 0 saturated carbocycles. The van der Waals surface area contributed by atoms with E-state index in [4.69, 9.17) is 4.74 Å². The SMILES string of the molecule is COC(=O)C(C)(CC(C)Sc1cnn(C)c1)NC(C)C. The molecule has 0 aliphatic carbocycles. The molecule has 0 aliphatic rings. The van der Waals surface area contributed by atoms with E-state index in [0.717, 1.165) is 4.90 Å². The summed E-state index contributed by atoms with van der Waals surface area (Å²) >= 11 is 1.72. The molecule has 0 saturated heterocycles. The number of thioether (sulfide) groups is 1. The first kappa shape index (κ1) is 17.0. The summed E-state index contributed by atoms with van der Waals surface area (Å²) in [4.78, 5) is 13.2. The molecule has 0 bridgehead atoms. The lowest BCUT2D eigenvalue weighted by molar-refractivity contribution is -0.148. The van der Waals surface area contributed by atoms with E-state index >= 15 is 0 Å². The van der Waals surface area contributed by atoms with Crippen molar-refractivity contribution < 1.29 is 9.53 Å². The maximum absolute atomic E-state index is 12.1. The Bertz CT molecular complexity index is 447. The average molecular weight is 299 g/mol. The Kier molecular flexibility index (Phi) is 6.07. The molecule has 2 unspecified atom stereocenters. The van der Waals surface area contributed by atoms with Crippen LogP contribution in [-0.2, 0) is 16.6 Å². The minimum atomic E-state index is -0.669. The van der Waals surface area contributed by atoms with E-state index in [1.165, 1.54) is 7.11 Å².